The van der Waals surface area contributed by atoms with Gasteiger partial charge >= 0.3 is 0 Å². The van der Waals surface area contributed by atoms with Crippen LogP contribution in [0.4, 0.5) is 5.95 Å². The fourth-order valence-corrected chi connectivity index (χ4v) is 4.19. The molecule has 0 saturated carbocycles. The molecule has 1 aliphatic carbocycles. The van der Waals surface area contributed by atoms with Crippen LogP contribution in [0.25, 0.3) is 11.4 Å². The third-order valence-electron chi connectivity index (χ3n) is 5.46. The van der Waals surface area contributed by atoms with E-state index in [1.807, 2.05) is 24.3 Å². The molecule has 29 heavy (non-hydrogen) atoms. The number of phenols is 1. The molecule has 1 unspecified atom stereocenters. The molecule has 5 rings (SSSR count). The summed E-state index contributed by atoms with van der Waals surface area (Å²) in [5.41, 5.74) is 3.21. The van der Waals surface area contributed by atoms with E-state index in [1.165, 1.54) is 0 Å². The molecular weight excluding hydrogens is 366 g/mol. The van der Waals surface area contributed by atoms with Crippen molar-refractivity contribution < 1.29 is 9.90 Å². The number of hydrogen-bond donors (Lipinski definition) is 2. The number of carbonyl (C=O) groups is 1. The maximum absolute atomic E-state index is 13.2. The molecule has 3 aromatic rings. The number of nitrogens with one attached hydrogen (secondary N) is 1. The van der Waals surface area contributed by atoms with Crippen molar-refractivity contribution in [1.29, 1.82) is 0 Å². The van der Waals surface area contributed by atoms with Crippen LogP contribution < -0.4 is 5.32 Å². The first-order chi connectivity index (χ1) is 13.9. The maximum Gasteiger partial charge on any atom is 0.226 e. The van der Waals surface area contributed by atoms with Crippen molar-refractivity contribution in [1.82, 2.24) is 19.7 Å². The number of nitrogens with zero attached hydrogens (tertiary/aromatic N) is 4. The molecule has 0 spiro atoms. The second kappa shape index (κ2) is 6.27. The summed E-state index contributed by atoms with van der Waals surface area (Å²) in [5.74, 6) is 1.45. The lowest BCUT2D eigenvalue weighted by molar-refractivity contribution is -0.118. The van der Waals surface area contributed by atoms with E-state index in [2.05, 4.69) is 29.1 Å². The number of pyridine rings is 1. The fourth-order valence-electron chi connectivity index (χ4n) is 4.19. The van der Waals surface area contributed by atoms with Gasteiger partial charge in [0.05, 0.1) is 0 Å². The molecule has 0 fully saturated rings. The molecule has 7 heteroatoms. The lowest BCUT2D eigenvalue weighted by Crippen LogP contribution is -2.36. The Hall–Kier alpha value is -3.48. The Bertz CT molecular complexity index is 1130. The zero-order valence-corrected chi connectivity index (χ0v) is 16.3. The monoisotopic (exact) mass is 387 g/mol. The number of ketones is 1. The first kappa shape index (κ1) is 17.6. The molecule has 7 nitrogen and oxygen atoms in total. The molecule has 1 atom stereocenters. The summed E-state index contributed by atoms with van der Waals surface area (Å²) >= 11 is 0. The SMILES string of the molecule is CC1(C)CC(=O)C2=C(C1)Nc1nc(-c3cccnc3)nn1C2c1ccc(O)cc1. The van der Waals surface area contributed by atoms with Crippen molar-refractivity contribution >= 4 is 11.7 Å². The van der Waals surface area contributed by atoms with Crippen molar-refractivity contribution in [3.63, 3.8) is 0 Å². The van der Waals surface area contributed by atoms with Crippen LogP contribution >= 0.6 is 0 Å². The van der Waals surface area contributed by atoms with Crippen molar-refractivity contribution in [2.45, 2.75) is 32.7 Å². The molecule has 2 aliphatic rings. The predicted octanol–water partition coefficient (Wildman–Crippen LogP) is 3.70. The Morgan fingerprint density at radius 2 is 1.97 bits per heavy atom. The van der Waals surface area contributed by atoms with Crippen molar-refractivity contribution in [2.24, 2.45) is 5.41 Å². The van der Waals surface area contributed by atoms with Crippen LogP contribution in [-0.4, -0.2) is 30.6 Å². The third kappa shape index (κ3) is 2.99. The second-order valence-electron chi connectivity index (χ2n) is 8.40. The fraction of sp³-hybridized carbons (Fsp3) is 0.273. The number of carbonyl (C=O) groups excluding carboxylic acids is 1. The maximum atomic E-state index is 13.2. The number of aromatic hydroxyl groups is 1. The quantitative estimate of drug-likeness (QED) is 0.696. The van der Waals surface area contributed by atoms with E-state index in [9.17, 15) is 9.90 Å². The van der Waals surface area contributed by atoms with Crippen molar-refractivity contribution in [2.75, 3.05) is 5.32 Å². The standard InChI is InChI=1S/C22H21N5O2/c1-22(2)10-16-18(17(29)11-22)19(13-5-7-15(28)8-6-13)27-21(24-16)25-20(26-27)14-4-3-9-23-12-14/h3-9,12,19,28H,10-11H2,1-2H3,(H,24,25,26). The zero-order chi connectivity index (χ0) is 20.2. The molecule has 1 aliphatic heterocycles. The smallest absolute Gasteiger partial charge is 0.226 e. The van der Waals surface area contributed by atoms with Gasteiger partial charge in [0.1, 0.15) is 11.8 Å². The van der Waals surface area contributed by atoms with E-state index in [4.69, 9.17) is 5.10 Å². The first-order valence-corrected chi connectivity index (χ1v) is 9.60. The van der Waals surface area contributed by atoms with E-state index in [0.717, 1.165) is 28.8 Å². The van der Waals surface area contributed by atoms with Crippen LogP contribution in [0.5, 0.6) is 5.75 Å². The molecule has 0 saturated heterocycles. The number of fused-ring (bicyclic) bond motifs is 1. The molecule has 146 valence electrons. The van der Waals surface area contributed by atoms with Crippen LogP contribution in [0.15, 0.2) is 60.1 Å². The van der Waals surface area contributed by atoms with Gasteiger partial charge in [-0.1, -0.05) is 26.0 Å². The van der Waals surface area contributed by atoms with Gasteiger partial charge in [-0.05, 0) is 41.7 Å². The first-order valence-electron chi connectivity index (χ1n) is 9.60. The van der Waals surface area contributed by atoms with Crippen LogP contribution in [0.3, 0.4) is 0 Å². The molecule has 2 aromatic heterocycles. The van der Waals surface area contributed by atoms with E-state index < -0.39 is 0 Å². The van der Waals surface area contributed by atoms with Crippen LogP contribution in [-0.2, 0) is 4.79 Å². The van der Waals surface area contributed by atoms with Gasteiger partial charge in [-0.3, -0.25) is 9.78 Å². The van der Waals surface area contributed by atoms with E-state index in [0.29, 0.717) is 18.2 Å². The van der Waals surface area contributed by atoms with Gasteiger partial charge in [0.2, 0.25) is 5.95 Å². The van der Waals surface area contributed by atoms with Gasteiger partial charge in [0, 0.05) is 35.6 Å². The Labute approximate surface area is 168 Å². The van der Waals surface area contributed by atoms with Crippen molar-refractivity contribution in [3.05, 3.63) is 65.6 Å². The number of hydrogen-bond acceptors (Lipinski definition) is 6. The summed E-state index contributed by atoms with van der Waals surface area (Å²) in [7, 11) is 0. The highest BCUT2D eigenvalue weighted by Crippen LogP contribution is 2.45. The molecule has 2 N–H and O–H groups in total. The second-order valence-corrected chi connectivity index (χ2v) is 8.40. The normalized spacial score (nSPS) is 20.1. The number of phenolic OH excluding ortho intramolecular Hbond substituents is 1. The molecular formula is C22H21N5O2. The molecule has 0 amide bonds. The molecule has 0 bridgehead atoms. The number of aromatic nitrogens is 4. The van der Waals surface area contributed by atoms with Gasteiger partial charge in [-0.2, -0.15) is 4.98 Å². The average molecular weight is 387 g/mol. The minimum atomic E-state index is -0.386. The number of allylic oxidation sites excluding steroid dienone is 2. The van der Waals surface area contributed by atoms with Gasteiger partial charge < -0.3 is 10.4 Å². The zero-order valence-electron chi connectivity index (χ0n) is 16.3. The number of anilines is 1. The predicted molar refractivity (Wildman–Crippen MR) is 108 cm³/mol. The average Bonchev–Trinajstić information content (AvgIpc) is 3.10. The van der Waals surface area contributed by atoms with Crippen LogP contribution in [0.1, 0.15) is 38.3 Å². The van der Waals surface area contributed by atoms with Crippen LogP contribution in [0, 0.1) is 5.41 Å². The van der Waals surface area contributed by atoms with Gasteiger partial charge in [0.15, 0.2) is 11.6 Å². The summed E-state index contributed by atoms with van der Waals surface area (Å²) in [5, 5.41) is 17.8. The highest BCUT2D eigenvalue weighted by molar-refractivity contribution is 6.00. The minimum Gasteiger partial charge on any atom is -0.508 e. The van der Waals surface area contributed by atoms with Crippen molar-refractivity contribution in [3.8, 4) is 17.1 Å². The topological polar surface area (TPSA) is 92.9 Å². The number of rotatable bonds is 2. The molecule has 3 heterocycles. The molecule has 1 aromatic carbocycles. The van der Waals surface area contributed by atoms with E-state index in [-0.39, 0.29) is 23.0 Å². The largest absolute Gasteiger partial charge is 0.508 e. The van der Waals surface area contributed by atoms with Gasteiger partial charge in [-0.25, -0.2) is 4.68 Å². The lowest BCUT2D eigenvalue weighted by atomic mass is 9.73. The van der Waals surface area contributed by atoms with E-state index in [1.54, 1.807) is 29.2 Å². The van der Waals surface area contributed by atoms with E-state index >= 15 is 0 Å². The highest BCUT2D eigenvalue weighted by atomic mass is 16.3. The van der Waals surface area contributed by atoms with Gasteiger partial charge in [-0.15, -0.1) is 5.10 Å². The number of benzene rings is 1. The lowest BCUT2D eigenvalue weighted by Gasteiger charge is -2.38. The summed E-state index contributed by atoms with van der Waals surface area (Å²) < 4.78 is 1.77. The third-order valence-corrected chi connectivity index (χ3v) is 5.46. The molecule has 0 radical (unpaired) electrons. The van der Waals surface area contributed by atoms with Crippen LogP contribution in [0.2, 0.25) is 0 Å². The summed E-state index contributed by atoms with van der Waals surface area (Å²) in [6, 6.07) is 10.3. The Morgan fingerprint density at radius 1 is 1.17 bits per heavy atom. The Morgan fingerprint density at radius 3 is 2.69 bits per heavy atom. The summed E-state index contributed by atoms with van der Waals surface area (Å²) in [4.78, 5) is 22.0. The Kier molecular flexibility index (Phi) is 3.81. The highest BCUT2D eigenvalue weighted by Gasteiger charge is 2.41. The Balaban J connectivity index is 1.69. The summed E-state index contributed by atoms with van der Waals surface area (Å²) in [6.45, 7) is 4.21. The van der Waals surface area contributed by atoms with Gasteiger partial charge in [0.25, 0.3) is 0 Å². The minimum absolute atomic E-state index is 0.114. The number of Topliss-reactive ketones (excluding diaryl/α,β-unsaturated/α-hetero) is 1. The summed E-state index contributed by atoms with van der Waals surface area (Å²) in [6.07, 6.45) is 4.68.